The summed E-state index contributed by atoms with van der Waals surface area (Å²) < 4.78 is 51.7. The van der Waals surface area contributed by atoms with Crippen LogP contribution in [0, 0.1) is 0 Å². The first-order chi connectivity index (χ1) is 11.9. The van der Waals surface area contributed by atoms with Gasteiger partial charge < -0.3 is 14.5 Å². The summed E-state index contributed by atoms with van der Waals surface area (Å²) in [6.07, 6.45) is -0.910. The molecule has 1 atom stereocenters. The van der Waals surface area contributed by atoms with E-state index < -0.39 is 23.4 Å². The van der Waals surface area contributed by atoms with Crippen LogP contribution < -0.4 is 5.32 Å². The summed E-state index contributed by atoms with van der Waals surface area (Å²) in [5, 5.41) is 8.91. The van der Waals surface area contributed by atoms with Crippen molar-refractivity contribution in [2.75, 3.05) is 13.2 Å². The van der Waals surface area contributed by atoms with Crippen LogP contribution in [-0.4, -0.2) is 35.4 Å². The molecule has 0 unspecified atom stereocenters. The van der Waals surface area contributed by atoms with E-state index in [9.17, 15) is 18.0 Å². The van der Waals surface area contributed by atoms with E-state index in [2.05, 4.69) is 15.5 Å². The van der Waals surface area contributed by atoms with E-state index in [-0.39, 0.29) is 29.7 Å². The second-order valence-corrected chi connectivity index (χ2v) is 6.22. The van der Waals surface area contributed by atoms with E-state index in [1.165, 1.54) is 6.20 Å². The summed E-state index contributed by atoms with van der Waals surface area (Å²) in [7, 11) is 0. The van der Waals surface area contributed by atoms with Crippen molar-refractivity contribution in [1.29, 1.82) is 0 Å². The summed E-state index contributed by atoms with van der Waals surface area (Å²) in [5.41, 5.74) is -0.188. The highest BCUT2D eigenvalue weighted by Crippen LogP contribution is 2.45. The van der Waals surface area contributed by atoms with E-state index in [4.69, 9.17) is 9.15 Å². The van der Waals surface area contributed by atoms with Crippen molar-refractivity contribution in [3.8, 4) is 11.3 Å². The molecule has 6 nitrogen and oxygen atoms in total. The Bertz CT molecular complexity index is 803. The number of nitrogens with one attached hydrogen (secondary N) is 2. The molecule has 2 N–H and O–H groups in total. The first-order valence-electron chi connectivity index (χ1n) is 8.10. The van der Waals surface area contributed by atoms with Gasteiger partial charge in [0.15, 0.2) is 0 Å². The second-order valence-electron chi connectivity index (χ2n) is 6.22. The fraction of sp³-hybridized carbons (Fsp3) is 0.500. The lowest BCUT2D eigenvalue weighted by Gasteiger charge is -2.13. The van der Waals surface area contributed by atoms with Crippen molar-refractivity contribution < 1.29 is 27.1 Å². The number of alkyl halides is 3. The maximum Gasteiger partial charge on any atom is 0.420 e. The summed E-state index contributed by atoms with van der Waals surface area (Å²) in [4.78, 5) is 12.4. The zero-order valence-corrected chi connectivity index (χ0v) is 13.2. The van der Waals surface area contributed by atoms with Gasteiger partial charge in [-0.3, -0.25) is 9.89 Å². The van der Waals surface area contributed by atoms with E-state index in [1.54, 1.807) is 0 Å². The summed E-state index contributed by atoms with van der Waals surface area (Å²) in [6.45, 7) is 0.767. The van der Waals surface area contributed by atoms with Crippen molar-refractivity contribution in [1.82, 2.24) is 15.5 Å². The minimum atomic E-state index is -4.71. The van der Waals surface area contributed by atoms with Gasteiger partial charge in [0.05, 0.1) is 23.6 Å². The topological polar surface area (TPSA) is 80.1 Å². The van der Waals surface area contributed by atoms with Crippen LogP contribution in [0.15, 0.2) is 10.6 Å². The minimum absolute atomic E-state index is 0.103. The number of halogens is 3. The Hall–Kier alpha value is -2.29. The number of ether oxygens (including phenoxy) is 1. The van der Waals surface area contributed by atoms with Crippen LogP contribution in [0.5, 0.6) is 0 Å². The van der Waals surface area contributed by atoms with E-state index in [1.807, 2.05) is 0 Å². The Morgan fingerprint density at radius 3 is 2.96 bits per heavy atom. The zero-order valence-electron chi connectivity index (χ0n) is 13.2. The normalized spacial score (nSPS) is 19.6. The second kappa shape index (κ2) is 5.91. The molecule has 0 bridgehead atoms. The Balaban J connectivity index is 1.70. The van der Waals surface area contributed by atoms with Crippen molar-refractivity contribution in [2.45, 2.75) is 38.0 Å². The third-order valence-corrected chi connectivity index (χ3v) is 4.57. The number of furan rings is 1. The Kier molecular flexibility index (Phi) is 3.82. The molecule has 2 aromatic rings. The fourth-order valence-corrected chi connectivity index (χ4v) is 3.41. The highest BCUT2D eigenvalue weighted by atomic mass is 19.4. The zero-order chi connectivity index (χ0) is 17.6. The van der Waals surface area contributed by atoms with Crippen LogP contribution in [0.3, 0.4) is 0 Å². The number of aromatic nitrogens is 2. The van der Waals surface area contributed by atoms with Crippen LogP contribution in [0.4, 0.5) is 13.2 Å². The molecule has 1 aliphatic carbocycles. The van der Waals surface area contributed by atoms with Gasteiger partial charge in [-0.25, -0.2) is 0 Å². The van der Waals surface area contributed by atoms with Crippen LogP contribution in [0.25, 0.3) is 11.3 Å². The SMILES string of the molecule is O=C(NC[C@@H]1CCCO1)c1oc2c(c1C(F)(F)F)-c1[nH]ncc1CC2. The van der Waals surface area contributed by atoms with Crippen molar-refractivity contribution >= 4 is 5.91 Å². The van der Waals surface area contributed by atoms with Crippen LogP contribution in [0.2, 0.25) is 0 Å². The highest BCUT2D eigenvalue weighted by molar-refractivity contribution is 5.96. The molecule has 1 amide bonds. The lowest BCUT2D eigenvalue weighted by Crippen LogP contribution is -2.32. The van der Waals surface area contributed by atoms with Gasteiger partial charge in [0.25, 0.3) is 5.91 Å². The third kappa shape index (κ3) is 2.82. The molecule has 2 aromatic heterocycles. The van der Waals surface area contributed by atoms with Gasteiger partial charge >= 0.3 is 6.18 Å². The maximum atomic E-state index is 13.7. The van der Waals surface area contributed by atoms with Gasteiger partial charge in [0.2, 0.25) is 5.76 Å². The van der Waals surface area contributed by atoms with Crippen LogP contribution >= 0.6 is 0 Å². The lowest BCUT2D eigenvalue weighted by molar-refractivity contribution is -0.137. The standard InChI is InChI=1S/C16H16F3N3O3/c17-16(18,19)12-11-10(4-3-8-6-21-22-13(8)11)25-14(12)15(23)20-7-9-2-1-5-24-9/h6,9H,1-5,7H2,(H,20,23)(H,21,22)/t9-/m0/s1. The van der Waals surface area contributed by atoms with Gasteiger partial charge in [-0.2, -0.15) is 18.3 Å². The lowest BCUT2D eigenvalue weighted by atomic mass is 9.93. The average molecular weight is 355 g/mol. The number of aromatic amines is 1. The predicted molar refractivity (Wildman–Crippen MR) is 80.0 cm³/mol. The number of carbonyl (C=O) groups is 1. The average Bonchev–Trinajstić information content (AvgIpc) is 3.27. The van der Waals surface area contributed by atoms with E-state index in [0.29, 0.717) is 25.0 Å². The number of aryl methyl sites for hydroxylation is 2. The van der Waals surface area contributed by atoms with Gasteiger partial charge in [-0.15, -0.1) is 0 Å². The largest absolute Gasteiger partial charge is 0.455 e. The van der Waals surface area contributed by atoms with Crippen LogP contribution in [-0.2, 0) is 23.8 Å². The Labute approximate surface area is 140 Å². The molecule has 9 heteroatoms. The monoisotopic (exact) mass is 355 g/mol. The predicted octanol–water partition coefficient (Wildman–Crippen LogP) is 2.70. The number of hydrogen-bond donors (Lipinski definition) is 2. The summed E-state index contributed by atoms with van der Waals surface area (Å²) in [6, 6.07) is 0. The minimum Gasteiger partial charge on any atom is -0.455 e. The number of carbonyl (C=O) groups excluding carboxylic acids is 1. The molecular formula is C16H16F3N3O3. The molecular weight excluding hydrogens is 339 g/mol. The Morgan fingerprint density at radius 1 is 1.40 bits per heavy atom. The van der Waals surface area contributed by atoms with E-state index >= 15 is 0 Å². The smallest absolute Gasteiger partial charge is 0.420 e. The first kappa shape index (κ1) is 16.2. The fourth-order valence-electron chi connectivity index (χ4n) is 3.41. The van der Waals surface area contributed by atoms with Gasteiger partial charge in [0.1, 0.15) is 11.3 Å². The number of amides is 1. The number of rotatable bonds is 3. The molecule has 2 aliphatic rings. The first-order valence-corrected chi connectivity index (χ1v) is 8.10. The summed E-state index contributed by atoms with van der Waals surface area (Å²) >= 11 is 0. The molecule has 1 fully saturated rings. The highest BCUT2D eigenvalue weighted by Gasteiger charge is 2.45. The van der Waals surface area contributed by atoms with Gasteiger partial charge in [-0.1, -0.05) is 0 Å². The molecule has 1 aliphatic heterocycles. The van der Waals surface area contributed by atoms with Crippen LogP contribution in [0.1, 0.15) is 40.3 Å². The number of H-pyrrole nitrogens is 1. The van der Waals surface area contributed by atoms with Gasteiger partial charge in [-0.05, 0) is 24.8 Å². The molecule has 3 heterocycles. The van der Waals surface area contributed by atoms with Crippen molar-refractivity contribution in [2.24, 2.45) is 0 Å². The molecule has 134 valence electrons. The van der Waals surface area contributed by atoms with E-state index in [0.717, 1.165) is 12.8 Å². The number of fused-ring (bicyclic) bond motifs is 3. The summed E-state index contributed by atoms with van der Waals surface area (Å²) in [5.74, 6) is -1.41. The third-order valence-electron chi connectivity index (χ3n) is 4.57. The molecule has 0 spiro atoms. The molecule has 0 saturated carbocycles. The van der Waals surface area contributed by atoms with Crippen molar-refractivity contribution in [3.63, 3.8) is 0 Å². The number of hydrogen-bond acceptors (Lipinski definition) is 4. The molecule has 0 radical (unpaired) electrons. The van der Waals surface area contributed by atoms with Gasteiger partial charge in [0, 0.05) is 19.6 Å². The maximum absolute atomic E-state index is 13.7. The molecule has 4 rings (SSSR count). The molecule has 0 aromatic carbocycles. The Morgan fingerprint density at radius 2 is 2.24 bits per heavy atom. The molecule has 1 saturated heterocycles. The number of nitrogens with zero attached hydrogens (tertiary/aromatic N) is 1. The van der Waals surface area contributed by atoms with Crippen molar-refractivity contribution in [3.05, 3.63) is 28.8 Å². The quantitative estimate of drug-likeness (QED) is 0.887. The molecule has 25 heavy (non-hydrogen) atoms.